The highest BCUT2D eigenvalue weighted by molar-refractivity contribution is 7.14. The van der Waals surface area contributed by atoms with Crippen molar-refractivity contribution in [1.82, 2.24) is 19.9 Å². The molecule has 4 rings (SSSR count). The van der Waals surface area contributed by atoms with Crippen LogP contribution in [0.15, 0.2) is 29.9 Å². The number of benzene rings is 1. The first kappa shape index (κ1) is 22.7. The first-order chi connectivity index (χ1) is 15.9. The third-order valence-corrected chi connectivity index (χ3v) is 6.44. The smallest absolute Gasteiger partial charge is 0.271 e. The Morgan fingerprint density at radius 3 is 2.79 bits per heavy atom. The van der Waals surface area contributed by atoms with Crippen LogP contribution < -0.4 is 20.9 Å². The molecule has 33 heavy (non-hydrogen) atoms. The second-order valence-electron chi connectivity index (χ2n) is 7.84. The van der Waals surface area contributed by atoms with E-state index in [0.717, 1.165) is 19.4 Å². The van der Waals surface area contributed by atoms with E-state index in [-0.39, 0.29) is 29.9 Å². The maximum atomic E-state index is 14.8. The van der Waals surface area contributed by atoms with Crippen molar-refractivity contribution in [3.63, 3.8) is 0 Å². The lowest BCUT2D eigenvalue weighted by Gasteiger charge is -2.24. The summed E-state index contributed by atoms with van der Waals surface area (Å²) in [5, 5.41) is 10.3. The van der Waals surface area contributed by atoms with Crippen molar-refractivity contribution < 1.29 is 14.0 Å². The third-order valence-electron chi connectivity index (χ3n) is 5.69. The number of hydrogen-bond acceptors (Lipinski definition) is 7. The van der Waals surface area contributed by atoms with Crippen molar-refractivity contribution in [3.05, 3.63) is 41.4 Å². The molecule has 0 radical (unpaired) electrons. The highest BCUT2D eigenvalue weighted by Gasteiger charge is 2.23. The lowest BCUT2D eigenvalue weighted by Crippen LogP contribution is -2.27. The van der Waals surface area contributed by atoms with Gasteiger partial charge >= 0.3 is 0 Å². The molecule has 11 heteroatoms. The molecular formula is C22H26FN7O2S. The SMILES string of the molecule is CNC(=O)c1c(NC)ncn1CC(=O)Nc1nc(-c2ccc(N3CCCC3C)c(F)c2)cs1. The minimum absolute atomic E-state index is 0.107. The van der Waals surface area contributed by atoms with Crippen LogP contribution in [0, 0.1) is 5.82 Å². The van der Waals surface area contributed by atoms with Gasteiger partial charge in [-0.05, 0) is 31.9 Å². The fourth-order valence-corrected chi connectivity index (χ4v) is 4.74. The highest BCUT2D eigenvalue weighted by atomic mass is 32.1. The van der Waals surface area contributed by atoms with Gasteiger partial charge in [-0.25, -0.2) is 14.4 Å². The summed E-state index contributed by atoms with van der Waals surface area (Å²) in [5.74, 6) is -0.602. The Kier molecular flexibility index (Phi) is 6.59. The van der Waals surface area contributed by atoms with Crippen molar-refractivity contribution >= 4 is 39.8 Å². The van der Waals surface area contributed by atoms with Crippen LogP contribution >= 0.6 is 11.3 Å². The first-order valence-corrected chi connectivity index (χ1v) is 11.6. The van der Waals surface area contributed by atoms with Gasteiger partial charge in [0.1, 0.15) is 12.4 Å². The second-order valence-corrected chi connectivity index (χ2v) is 8.69. The topological polar surface area (TPSA) is 104 Å². The van der Waals surface area contributed by atoms with Gasteiger partial charge in [0.2, 0.25) is 5.91 Å². The van der Waals surface area contributed by atoms with Crippen LogP contribution in [0.4, 0.5) is 21.0 Å². The summed E-state index contributed by atoms with van der Waals surface area (Å²) in [6.45, 7) is 2.86. The molecule has 9 nitrogen and oxygen atoms in total. The lowest BCUT2D eigenvalue weighted by atomic mass is 10.1. The van der Waals surface area contributed by atoms with E-state index >= 15 is 0 Å². The molecule has 1 aliphatic heterocycles. The number of thiazole rings is 1. The summed E-state index contributed by atoms with van der Waals surface area (Å²) >= 11 is 1.25. The fraction of sp³-hybridized carbons (Fsp3) is 0.364. The highest BCUT2D eigenvalue weighted by Crippen LogP contribution is 2.32. The van der Waals surface area contributed by atoms with Gasteiger partial charge in [-0.1, -0.05) is 6.07 Å². The first-order valence-electron chi connectivity index (χ1n) is 10.7. The van der Waals surface area contributed by atoms with Crippen LogP contribution in [0.5, 0.6) is 0 Å². The van der Waals surface area contributed by atoms with E-state index in [1.54, 1.807) is 18.5 Å². The molecule has 2 amide bonds. The Balaban J connectivity index is 1.45. The average molecular weight is 472 g/mol. The Labute approximate surface area is 195 Å². The standard InChI is InChI=1S/C22H26FN7O2S/c1-13-5-4-8-30(13)17-7-6-14(9-15(17)23)16-11-33-22(27-16)28-18(31)10-29-12-26-20(24-2)19(29)21(32)25-3/h6-7,9,11-13,24H,4-5,8,10H2,1-3H3,(H,25,32)(H,27,28,31). The summed E-state index contributed by atoms with van der Waals surface area (Å²) in [6.07, 6.45) is 3.56. The van der Waals surface area contributed by atoms with E-state index in [4.69, 9.17) is 0 Å². The number of carbonyl (C=O) groups excluding carboxylic acids is 2. The van der Waals surface area contributed by atoms with Crippen LogP contribution in [-0.2, 0) is 11.3 Å². The van der Waals surface area contributed by atoms with Crippen LogP contribution in [0.1, 0.15) is 30.3 Å². The molecule has 1 unspecified atom stereocenters. The molecule has 174 valence electrons. The van der Waals surface area contributed by atoms with E-state index in [9.17, 15) is 14.0 Å². The minimum atomic E-state index is -0.356. The monoisotopic (exact) mass is 471 g/mol. The number of carbonyl (C=O) groups is 2. The molecular weight excluding hydrogens is 445 g/mol. The molecule has 1 saturated heterocycles. The molecule has 3 heterocycles. The number of anilines is 3. The van der Waals surface area contributed by atoms with Gasteiger partial charge in [0.25, 0.3) is 5.91 Å². The van der Waals surface area contributed by atoms with Crippen molar-refractivity contribution in [2.24, 2.45) is 0 Å². The van der Waals surface area contributed by atoms with Gasteiger partial charge in [0.15, 0.2) is 16.6 Å². The average Bonchev–Trinajstić information content (AvgIpc) is 3.53. The summed E-state index contributed by atoms with van der Waals surface area (Å²) in [6, 6.07) is 5.46. The number of nitrogens with zero attached hydrogens (tertiary/aromatic N) is 4. The van der Waals surface area contributed by atoms with Gasteiger partial charge in [0, 0.05) is 37.6 Å². The number of halogens is 1. The van der Waals surface area contributed by atoms with E-state index < -0.39 is 0 Å². The Bertz CT molecular complexity index is 1180. The van der Waals surface area contributed by atoms with E-state index in [0.29, 0.717) is 33.9 Å². The Hall–Kier alpha value is -3.47. The number of imidazole rings is 1. The third kappa shape index (κ3) is 4.68. The number of amides is 2. The molecule has 0 saturated carbocycles. The predicted octanol–water partition coefficient (Wildman–Crippen LogP) is 3.17. The minimum Gasteiger partial charge on any atom is -0.371 e. The van der Waals surface area contributed by atoms with E-state index in [2.05, 4.69) is 37.7 Å². The molecule has 1 aromatic carbocycles. The predicted molar refractivity (Wildman–Crippen MR) is 127 cm³/mol. The quantitative estimate of drug-likeness (QED) is 0.489. The summed E-state index contributed by atoms with van der Waals surface area (Å²) in [7, 11) is 3.16. The number of rotatable bonds is 7. The molecule has 1 fully saturated rings. The van der Waals surface area contributed by atoms with E-state index in [1.807, 2.05) is 6.07 Å². The Morgan fingerprint density at radius 1 is 1.30 bits per heavy atom. The molecule has 0 aliphatic carbocycles. The number of nitrogens with one attached hydrogen (secondary N) is 3. The van der Waals surface area contributed by atoms with Crippen LogP contribution in [0.25, 0.3) is 11.3 Å². The lowest BCUT2D eigenvalue weighted by molar-refractivity contribution is -0.116. The molecule has 3 N–H and O–H groups in total. The maximum absolute atomic E-state index is 14.8. The maximum Gasteiger partial charge on any atom is 0.271 e. The molecule has 0 bridgehead atoms. The zero-order chi connectivity index (χ0) is 23.5. The largest absolute Gasteiger partial charge is 0.371 e. The number of hydrogen-bond donors (Lipinski definition) is 3. The van der Waals surface area contributed by atoms with Gasteiger partial charge in [-0.15, -0.1) is 11.3 Å². The van der Waals surface area contributed by atoms with Crippen molar-refractivity contribution in [1.29, 1.82) is 0 Å². The fourth-order valence-electron chi connectivity index (χ4n) is 4.01. The summed E-state index contributed by atoms with van der Waals surface area (Å²) in [4.78, 5) is 35.3. The zero-order valence-corrected chi connectivity index (χ0v) is 19.5. The van der Waals surface area contributed by atoms with Crippen molar-refractivity contribution in [3.8, 4) is 11.3 Å². The second kappa shape index (κ2) is 9.57. The molecule has 1 atom stereocenters. The van der Waals surface area contributed by atoms with Crippen LogP contribution in [0.2, 0.25) is 0 Å². The van der Waals surface area contributed by atoms with Crippen LogP contribution in [-0.4, -0.2) is 53.0 Å². The van der Waals surface area contributed by atoms with Crippen LogP contribution in [0.3, 0.4) is 0 Å². The Morgan fingerprint density at radius 2 is 2.12 bits per heavy atom. The van der Waals surface area contributed by atoms with Gasteiger partial charge < -0.3 is 25.4 Å². The summed E-state index contributed by atoms with van der Waals surface area (Å²) in [5.41, 5.74) is 2.11. The zero-order valence-electron chi connectivity index (χ0n) is 18.7. The molecule has 2 aromatic heterocycles. The van der Waals surface area contributed by atoms with Crippen molar-refractivity contribution in [2.45, 2.75) is 32.4 Å². The summed E-state index contributed by atoms with van der Waals surface area (Å²) < 4.78 is 16.3. The molecule has 1 aliphatic rings. The normalized spacial score (nSPS) is 15.5. The molecule has 0 spiro atoms. The van der Waals surface area contributed by atoms with E-state index in [1.165, 1.54) is 35.3 Å². The number of aromatic nitrogens is 3. The van der Waals surface area contributed by atoms with Gasteiger partial charge in [-0.3, -0.25) is 9.59 Å². The van der Waals surface area contributed by atoms with Gasteiger partial charge in [-0.2, -0.15) is 0 Å². The van der Waals surface area contributed by atoms with Gasteiger partial charge in [0.05, 0.1) is 17.7 Å². The molecule has 3 aromatic rings. The van der Waals surface area contributed by atoms with Crippen molar-refractivity contribution in [2.75, 3.05) is 36.2 Å².